The predicted octanol–water partition coefficient (Wildman–Crippen LogP) is 3.56. The van der Waals surface area contributed by atoms with Gasteiger partial charge >= 0.3 is 12.1 Å². The molecule has 8 heteroatoms. The Kier molecular flexibility index (Phi) is 7.71. The Morgan fingerprint density at radius 2 is 1.93 bits per heavy atom. The van der Waals surface area contributed by atoms with Crippen molar-refractivity contribution in [3.63, 3.8) is 0 Å². The summed E-state index contributed by atoms with van der Waals surface area (Å²) in [7, 11) is 1.35. The first-order valence-electron chi connectivity index (χ1n) is 9.33. The predicted molar refractivity (Wildman–Crippen MR) is 110 cm³/mol. The van der Waals surface area contributed by atoms with Gasteiger partial charge in [-0.1, -0.05) is 15.9 Å². The number of carbonyl (C=O) groups excluding carboxylic acids is 2. The smallest absolute Gasteiger partial charge is 0.410 e. The van der Waals surface area contributed by atoms with Crippen LogP contribution in [0.3, 0.4) is 0 Å². The maximum atomic E-state index is 12.2. The van der Waals surface area contributed by atoms with Crippen molar-refractivity contribution in [1.82, 2.24) is 9.80 Å². The van der Waals surface area contributed by atoms with E-state index in [0.29, 0.717) is 31.0 Å². The highest BCUT2D eigenvalue weighted by atomic mass is 79.9. The van der Waals surface area contributed by atoms with Gasteiger partial charge in [0.05, 0.1) is 12.7 Å². The zero-order valence-corrected chi connectivity index (χ0v) is 18.7. The van der Waals surface area contributed by atoms with E-state index in [0.717, 1.165) is 17.6 Å². The molecule has 1 atom stereocenters. The summed E-state index contributed by atoms with van der Waals surface area (Å²) >= 11 is 3.38. The second-order valence-corrected chi connectivity index (χ2v) is 8.74. The number of methoxy groups -OCH3 is 1. The van der Waals surface area contributed by atoms with Crippen LogP contribution in [-0.4, -0.2) is 73.4 Å². The molecular weight excluding hydrogens is 428 g/mol. The van der Waals surface area contributed by atoms with Crippen LogP contribution in [0, 0.1) is 0 Å². The molecule has 0 radical (unpaired) electrons. The number of hydrogen-bond donors (Lipinski definition) is 0. The molecule has 1 aliphatic rings. The Bertz CT molecular complexity index is 704. The van der Waals surface area contributed by atoms with E-state index in [9.17, 15) is 9.59 Å². The third kappa shape index (κ3) is 6.67. The number of carbonyl (C=O) groups is 2. The first-order chi connectivity index (χ1) is 13.1. The molecule has 1 saturated heterocycles. The largest absolute Gasteiger partial charge is 0.492 e. The summed E-state index contributed by atoms with van der Waals surface area (Å²) in [6.07, 6.45) is -0.264. The molecule has 7 nitrogen and oxygen atoms in total. The molecule has 0 spiro atoms. The number of piperazine rings is 1. The van der Waals surface area contributed by atoms with Crippen molar-refractivity contribution in [2.75, 3.05) is 39.9 Å². The molecule has 1 aromatic carbocycles. The minimum Gasteiger partial charge on any atom is -0.492 e. The summed E-state index contributed by atoms with van der Waals surface area (Å²) in [5.41, 5.74) is -0.0515. The normalized spacial score (nSPS) is 17.9. The number of benzene rings is 1. The summed E-state index contributed by atoms with van der Waals surface area (Å²) in [6, 6.07) is 5.38. The number of halogens is 1. The molecular formula is C20H29BrN2O5. The van der Waals surface area contributed by atoms with Gasteiger partial charge in [0.1, 0.15) is 18.0 Å². The minimum atomic E-state index is -0.488. The molecule has 156 valence electrons. The Labute approximate surface area is 175 Å². The average molecular weight is 457 g/mol. The fourth-order valence-corrected chi connectivity index (χ4v) is 3.45. The number of nitrogens with zero attached hydrogens (tertiary/aromatic N) is 2. The van der Waals surface area contributed by atoms with Gasteiger partial charge in [0.15, 0.2) is 0 Å². The second-order valence-electron chi connectivity index (χ2n) is 7.83. The highest BCUT2D eigenvalue weighted by molar-refractivity contribution is 9.10. The highest BCUT2D eigenvalue weighted by Gasteiger charge is 2.29. The minimum absolute atomic E-state index is 0.206. The molecule has 0 N–H and O–H groups in total. The van der Waals surface area contributed by atoms with Crippen LogP contribution < -0.4 is 4.74 Å². The Morgan fingerprint density at radius 3 is 2.54 bits per heavy atom. The molecule has 1 aliphatic heterocycles. The number of rotatable bonds is 5. The van der Waals surface area contributed by atoms with Gasteiger partial charge in [0.25, 0.3) is 0 Å². The molecule has 0 aromatic heterocycles. The lowest BCUT2D eigenvalue weighted by atomic mass is 10.2. The summed E-state index contributed by atoms with van der Waals surface area (Å²) in [4.78, 5) is 28.0. The number of ether oxygens (including phenoxy) is 3. The van der Waals surface area contributed by atoms with Gasteiger partial charge in [0.2, 0.25) is 0 Å². The zero-order valence-electron chi connectivity index (χ0n) is 17.2. The maximum absolute atomic E-state index is 12.2. The molecule has 0 saturated carbocycles. The van der Waals surface area contributed by atoms with E-state index in [1.807, 2.05) is 26.8 Å². The van der Waals surface area contributed by atoms with E-state index >= 15 is 0 Å². The van der Waals surface area contributed by atoms with Crippen molar-refractivity contribution in [3.8, 4) is 5.75 Å². The van der Waals surface area contributed by atoms with E-state index in [2.05, 4.69) is 27.8 Å². The van der Waals surface area contributed by atoms with Gasteiger partial charge in [-0.25, -0.2) is 9.59 Å². The summed E-state index contributed by atoms with van der Waals surface area (Å²) in [5, 5.41) is 0. The van der Waals surface area contributed by atoms with Crippen molar-refractivity contribution >= 4 is 28.0 Å². The van der Waals surface area contributed by atoms with Crippen LogP contribution in [0.5, 0.6) is 5.75 Å². The standard InChI is InChI=1S/C20H29BrN2O5/c1-14-13-23(19(25)28-20(2,3)4)7-6-22(14)8-9-27-17-11-15(18(24)26-5)10-16(21)12-17/h10-12,14H,6-9,13H2,1-5H3. The van der Waals surface area contributed by atoms with Crippen LogP contribution in [0.25, 0.3) is 0 Å². The molecule has 28 heavy (non-hydrogen) atoms. The number of esters is 1. The van der Waals surface area contributed by atoms with Gasteiger partial charge in [-0.15, -0.1) is 0 Å². The third-order valence-corrected chi connectivity index (χ3v) is 4.81. The van der Waals surface area contributed by atoms with E-state index in [4.69, 9.17) is 14.2 Å². The van der Waals surface area contributed by atoms with Crippen LogP contribution in [0.15, 0.2) is 22.7 Å². The molecule has 0 aliphatic carbocycles. The SMILES string of the molecule is COC(=O)c1cc(Br)cc(OCCN2CCN(C(=O)OC(C)(C)C)CC2C)c1. The van der Waals surface area contributed by atoms with Crippen LogP contribution in [0.2, 0.25) is 0 Å². The van der Waals surface area contributed by atoms with E-state index < -0.39 is 11.6 Å². The molecule has 1 fully saturated rings. The fraction of sp³-hybridized carbons (Fsp3) is 0.600. The van der Waals surface area contributed by atoms with Crippen molar-refractivity contribution in [2.45, 2.75) is 39.3 Å². The molecule has 2 rings (SSSR count). The first kappa shape index (κ1) is 22.5. The van der Waals surface area contributed by atoms with E-state index in [1.54, 1.807) is 17.0 Å². The maximum Gasteiger partial charge on any atom is 0.410 e. The Hall–Kier alpha value is -1.80. The molecule has 1 unspecified atom stereocenters. The Balaban J connectivity index is 1.84. The lowest BCUT2D eigenvalue weighted by Gasteiger charge is -2.40. The van der Waals surface area contributed by atoms with Gasteiger partial charge in [-0.2, -0.15) is 0 Å². The summed E-state index contributed by atoms with van der Waals surface area (Å²) < 4.78 is 16.8. The first-order valence-corrected chi connectivity index (χ1v) is 10.1. The lowest BCUT2D eigenvalue weighted by molar-refractivity contribution is 0.00428. The molecule has 1 heterocycles. The summed E-state index contributed by atoms with van der Waals surface area (Å²) in [6.45, 7) is 10.9. The third-order valence-electron chi connectivity index (χ3n) is 4.36. The fourth-order valence-electron chi connectivity index (χ4n) is 2.98. The monoisotopic (exact) mass is 456 g/mol. The lowest BCUT2D eigenvalue weighted by Crippen LogP contribution is -2.55. The van der Waals surface area contributed by atoms with Gasteiger partial charge in [-0.05, 0) is 45.9 Å². The average Bonchev–Trinajstić information content (AvgIpc) is 2.60. The highest BCUT2D eigenvalue weighted by Crippen LogP contribution is 2.22. The molecule has 0 bridgehead atoms. The Morgan fingerprint density at radius 1 is 1.21 bits per heavy atom. The number of amides is 1. The van der Waals surface area contributed by atoms with E-state index in [1.165, 1.54) is 7.11 Å². The van der Waals surface area contributed by atoms with Crippen molar-refractivity contribution in [2.24, 2.45) is 0 Å². The number of hydrogen-bond acceptors (Lipinski definition) is 6. The molecule has 1 aromatic rings. The van der Waals surface area contributed by atoms with Gasteiger partial charge in [0, 0.05) is 36.7 Å². The van der Waals surface area contributed by atoms with Crippen molar-refractivity contribution < 1.29 is 23.8 Å². The van der Waals surface area contributed by atoms with Crippen LogP contribution in [0.1, 0.15) is 38.1 Å². The van der Waals surface area contributed by atoms with Crippen molar-refractivity contribution in [3.05, 3.63) is 28.2 Å². The summed E-state index contributed by atoms with van der Waals surface area (Å²) in [5.74, 6) is 0.202. The van der Waals surface area contributed by atoms with Gasteiger partial charge < -0.3 is 19.1 Å². The van der Waals surface area contributed by atoms with Crippen molar-refractivity contribution in [1.29, 1.82) is 0 Å². The molecule has 1 amide bonds. The van der Waals surface area contributed by atoms with Crippen LogP contribution >= 0.6 is 15.9 Å². The van der Waals surface area contributed by atoms with E-state index in [-0.39, 0.29) is 12.1 Å². The van der Waals surface area contributed by atoms with Gasteiger partial charge in [-0.3, -0.25) is 4.90 Å². The van der Waals surface area contributed by atoms with Crippen LogP contribution in [-0.2, 0) is 9.47 Å². The quantitative estimate of drug-likeness (QED) is 0.630. The topological polar surface area (TPSA) is 68.3 Å². The zero-order chi connectivity index (χ0) is 20.9. The second kappa shape index (κ2) is 9.60. The van der Waals surface area contributed by atoms with Crippen LogP contribution in [0.4, 0.5) is 4.79 Å².